The Morgan fingerprint density at radius 2 is 2.19 bits per heavy atom. The molecule has 0 saturated heterocycles. The summed E-state index contributed by atoms with van der Waals surface area (Å²) in [6.45, 7) is 1.63. The van der Waals surface area contributed by atoms with E-state index in [9.17, 15) is 13.6 Å². The van der Waals surface area contributed by atoms with Gasteiger partial charge in [-0.3, -0.25) is 9.20 Å². The number of halogens is 3. The standard InChI is InChI=1S/C22H17ClF2N4O2S/c1-22(24,25)16-10-15(14-4-8-31-12-14)11-29-18(23)17(27-19(16)29)21(30)28-6-2-13(3-7-28)20-26-5-9-32-20/h2,4-5,8-12H,3,6-7H2,1H3. The average molecular weight is 475 g/mol. The molecule has 6 nitrogen and oxygen atoms in total. The molecule has 0 aliphatic carbocycles. The van der Waals surface area contributed by atoms with Crippen LogP contribution in [0.15, 0.2) is 52.9 Å². The van der Waals surface area contributed by atoms with E-state index in [2.05, 4.69) is 9.97 Å². The molecule has 1 aliphatic heterocycles. The third kappa shape index (κ3) is 3.61. The van der Waals surface area contributed by atoms with Crippen LogP contribution in [0.4, 0.5) is 8.78 Å². The molecule has 0 unspecified atom stereocenters. The summed E-state index contributed by atoms with van der Waals surface area (Å²) in [4.78, 5) is 23.3. The molecule has 4 aromatic rings. The lowest BCUT2D eigenvalue weighted by molar-refractivity contribution is 0.0185. The first kappa shape index (κ1) is 20.8. The van der Waals surface area contributed by atoms with Crippen molar-refractivity contribution in [1.29, 1.82) is 0 Å². The minimum absolute atomic E-state index is 0.00413. The SMILES string of the molecule is CC(F)(F)c1cc(-c2ccoc2)cn2c(Cl)c(C(=O)N3CC=C(c4nccs4)CC3)nc12. The summed E-state index contributed by atoms with van der Waals surface area (Å²) in [7, 11) is 0. The lowest BCUT2D eigenvalue weighted by Crippen LogP contribution is -2.35. The van der Waals surface area contributed by atoms with Gasteiger partial charge in [-0.15, -0.1) is 11.3 Å². The highest BCUT2D eigenvalue weighted by Gasteiger charge is 2.32. The molecule has 0 N–H and O–H groups in total. The van der Waals surface area contributed by atoms with Crippen molar-refractivity contribution >= 4 is 40.1 Å². The average Bonchev–Trinajstić information content (AvgIpc) is 3.54. The largest absolute Gasteiger partial charge is 0.472 e. The molecule has 0 bridgehead atoms. The van der Waals surface area contributed by atoms with Gasteiger partial charge in [0.25, 0.3) is 11.8 Å². The van der Waals surface area contributed by atoms with Crippen molar-refractivity contribution in [2.75, 3.05) is 13.1 Å². The second-order valence-corrected chi connectivity index (χ2v) is 8.81. The summed E-state index contributed by atoms with van der Waals surface area (Å²) < 4.78 is 35.3. The van der Waals surface area contributed by atoms with E-state index in [1.54, 1.807) is 34.7 Å². The minimum atomic E-state index is -3.19. The van der Waals surface area contributed by atoms with Crippen molar-refractivity contribution in [2.24, 2.45) is 0 Å². The number of furan rings is 1. The zero-order valence-corrected chi connectivity index (χ0v) is 18.5. The van der Waals surface area contributed by atoms with E-state index in [1.807, 2.05) is 11.5 Å². The van der Waals surface area contributed by atoms with Crippen molar-refractivity contribution in [3.63, 3.8) is 0 Å². The van der Waals surface area contributed by atoms with Crippen LogP contribution in [0.3, 0.4) is 0 Å². The van der Waals surface area contributed by atoms with Crippen LogP contribution in [0.5, 0.6) is 0 Å². The normalized spacial score (nSPS) is 14.8. The number of aromatic nitrogens is 3. The second kappa shape index (κ2) is 7.83. The number of rotatable bonds is 4. The van der Waals surface area contributed by atoms with Crippen LogP contribution in [0, 0.1) is 0 Å². The van der Waals surface area contributed by atoms with Gasteiger partial charge in [-0.2, -0.15) is 0 Å². The first-order valence-corrected chi connectivity index (χ1v) is 11.1. The Morgan fingerprint density at radius 3 is 2.81 bits per heavy atom. The Labute approximate surface area is 190 Å². The van der Waals surface area contributed by atoms with Gasteiger partial charge in [-0.05, 0) is 24.1 Å². The van der Waals surface area contributed by atoms with Gasteiger partial charge in [0.05, 0.1) is 18.1 Å². The number of alkyl halides is 2. The molecule has 32 heavy (non-hydrogen) atoms. The number of amides is 1. The topological polar surface area (TPSA) is 63.6 Å². The maximum atomic E-state index is 14.5. The van der Waals surface area contributed by atoms with Crippen LogP contribution < -0.4 is 0 Å². The van der Waals surface area contributed by atoms with Crippen LogP contribution in [0.2, 0.25) is 5.15 Å². The molecule has 0 saturated carbocycles. The lowest BCUT2D eigenvalue weighted by atomic mass is 10.1. The molecule has 5 heterocycles. The molecular weight excluding hydrogens is 458 g/mol. The summed E-state index contributed by atoms with van der Waals surface area (Å²) >= 11 is 8.04. The minimum Gasteiger partial charge on any atom is -0.472 e. The van der Waals surface area contributed by atoms with E-state index in [1.165, 1.54) is 23.0 Å². The molecule has 0 spiro atoms. The third-order valence-corrected chi connectivity index (χ3v) is 6.60. The Balaban J connectivity index is 1.54. The van der Waals surface area contributed by atoms with E-state index >= 15 is 0 Å². The fourth-order valence-corrected chi connectivity index (χ4v) is 4.70. The highest BCUT2D eigenvalue weighted by Crippen LogP contribution is 2.36. The molecule has 5 rings (SSSR count). The van der Waals surface area contributed by atoms with Gasteiger partial charge >= 0.3 is 0 Å². The number of carbonyl (C=O) groups is 1. The summed E-state index contributed by atoms with van der Waals surface area (Å²) in [5, 5.41) is 2.84. The van der Waals surface area contributed by atoms with Crippen molar-refractivity contribution in [1.82, 2.24) is 19.3 Å². The number of fused-ring (bicyclic) bond motifs is 1. The van der Waals surface area contributed by atoms with Gasteiger partial charge in [0.1, 0.15) is 15.8 Å². The molecule has 0 aromatic carbocycles. The number of pyridine rings is 1. The highest BCUT2D eigenvalue weighted by atomic mass is 35.5. The Kier molecular flexibility index (Phi) is 5.10. The summed E-state index contributed by atoms with van der Waals surface area (Å²) in [6.07, 6.45) is 8.83. The predicted octanol–water partition coefficient (Wildman–Crippen LogP) is 5.75. The third-order valence-electron chi connectivity index (χ3n) is 5.40. The van der Waals surface area contributed by atoms with Crippen LogP contribution in [0.1, 0.15) is 34.4 Å². The zero-order valence-electron chi connectivity index (χ0n) is 16.9. The van der Waals surface area contributed by atoms with Crippen molar-refractivity contribution in [2.45, 2.75) is 19.3 Å². The first-order chi connectivity index (χ1) is 15.3. The maximum absolute atomic E-state index is 14.5. The number of thiazole rings is 1. The number of carbonyl (C=O) groups excluding carboxylic acids is 1. The van der Waals surface area contributed by atoms with Crippen LogP contribution in [-0.4, -0.2) is 38.3 Å². The summed E-state index contributed by atoms with van der Waals surface area (Å²) in [6, 6.07) is 3.01. The van der Waals surface area contributed by atoms with Crippen LogP contribution in [-0.2, 0) is 5.92 Å². The van der Waals surface area contributed by atoms with E-state index in [-0.39, 0.29) is 22.1 Å². The van der Waals surface area contributed by atoms with Crippen LogP contribution >= 0.6 is 22.9 Å². The smallest absolute Gasteiger partial charge is 0.275 e. The van der Waals surface area contributed by atoms with Gasteiger partial charge in [-0.25, -0.2) is 18.7 Å². The predicted molar refractivity (Wildman–Crippen MR) is 118 cm³/mol. The van der Waals surface area contributed by atoms with Gasteiger partial charge in [0.15, 0.2) is 5.69 Å². The van der Waals surface area contributed by atoms with E-state index in [4.69, 9.17) is 16.0 Å². The molecule has 10 heteroatoms. The molecule has 164 valence electrons. The molecular formula is C22H17ClF2N4O2S. The molecule has 1 amide bonds. The Hall–Kier alpha value is -3.04. The number of hydrogen-bond donors (Lipinski definition) is 0. The Morgan fingerprint density at radius 1 is 1.34 bits per heavy atom. The molecule has 1 aliphatic rings. The number of nitrogens with zero attached hydrogens (tertiary/aromatic N) is 4. The summed E-state index contributed by atoms with van der Waals surface area (Å²) in [5.41, 5.74) is 1.77. The van der Waals surface area contributed by atoms with Crippen LogP contribution in [0.25, 0.3) is 22.3 Å². The fourth-order valence-electron chi connectivity index (χ4n) is 3.74. The Bertz CT molecular complexity index is 1320. The first-order valence-electron chi connectivity index (χ1n) is 9.83. The second-order valence-electron chi connectivity index (χ2n) is 7.56. The van der Waals surface area contributed by atoms with Gasteiger partial charge in [-0.1, -0.05) is 17.7 Å². The van der Waals surface area contributed by atoms with Gasteiger partial charge < -0.3 is 9.32 Å². The molecule has 0 fully saturated rings. The van der Waals surface area contributed by atoms with Crippen molar-refractivity contribution in [3.05, 3.63) is 69.9 Å². The number of imidazole rings is 1. The summed E-state index contributed by atoms with van der Waals surface area (Å²) in [5.74, 6) is -3.59. The maximum Gasteiger partial charge on any atom is 0.275 e. The quantitative estimate of drug-likeness (QED) is 0.378. The van der Waals surface area contributed by atoms with E-state index in [0.29, 0.717) is 30.6 Å². The molecule has 0 radical (unpaired) electrons. The number of hydrogen-bond acceptors (Lipinski definition) is 5. The van der Waals surface area contributed by atoms with Crippen molar-refractivity contribution in [3.8, 4) is 11.1 Å². The molecule has 4 aromatic heterocycles. The van der Waals surface area contributed by atoms with E-state index < -0.39 is 11.8 Å². The fraction of sp³-hybridized carbons (Fsp3) is 0.227. The van der Waals surface area contributed by atoms with Gasteiger partial charge in [0, 0.05) is 48.9 Å². The monoisotopic (exact) mass is 474 g/mol. The lowest BCUT2D eigenvalue weighted by Gasteiger charge is -2.25. The zero-order chi connectivity index (χ0) is 22.5. The van der Waals surface area contributed by atoms with Crippen molar-refractivity contribution < 1.29 is 18.0 Å². The van der Waals surface area contributed by atoms with Gasteiger partial charge in [0.2, 0.25) is 0 Å². The molecule has 0 atom stereocenters. The van der Waals surface area contributed by atoms with E-state index in [0.717, 1.165) is 17.5 Å². The highest BCUT2D eigenvalue weighted by molar-refractivity contribution is 7.10.